The van der Waals surface area contributed by atoms with Gasteiger partial charge < -0.3 is 10.2 Å². The SMILES string of the molecule is CNCCCN(C)C1CCCC(C(C)C)CC1. The fourth-order valence-corrected chi connectivity index (χ4v) is 3.11. The Balaban J connectivity index is 2.29. The van der Waals surface area contributed by atoms with Crippen molar-refractivity contribution in [2.75, 3.05) is 27.2 Å². The van der Waals surface area contributed by atoms with Crippen molar-refractivity contribution in [2.24, 2.45) is 11.8 Å². The topological polar surface area (TPSA) is 15.3 Å². The molecular formula is C15H32N2. The minimum Gasteiger partial charge on any atom is -0.320 e. The van der Waals surface area contributed by atoms with Crippen LogP contribution in [0.25, 0.3) is 0 Å². The number of hydrogen-bond acceptors (Lipinski definition) is 2. The summed E-state index contributed by atoms with van der Waals surface area (Å²) in [6, 6.07) is 0.843. The quantitative estimate of drug-likeness (QED) is 0.567. The molecule has 0 spiro atoms. The van der Waals surface area contributed by atoms with Gasteiger partial charge >= 0.3 is 0 Å². The molecule has 0 aromatic carbocycles. The van der Waals surface area contributed by atoms with Gasteiger partial charge in [-0.2, -0.15) is 0 Å². The molecule has 1 fully saturated rings. The van der Waals surface area contributed by atoms with E-state index in [1.165, 1.54) is 45.1 Å². The van der Waals surface area contributed by atoms with Gasteiger partial charge in [0, 0.05) is 6.04 Å². The molecule has 2 atom stereocenters. The molecule has 0 heterocycles. The summed E-state index contributed by atoms with van der Waals surface area (Å²) in [7, 11) is 4.36. The lowest BCUT2D eigenvalue weighted by molar-refractivity contribution is 0.214. The molecule has 0 aliphatic heterocycles. The van der Waals surface area contributed by atoms with E-state index >= 15 is 0 Å². The largest absolute Gasteiger partial charge is 0.320 e. The number of hydrogen-bond donors (Lipinski definition) is 1. The maximum Gasteiger partial charge on any atom is 0.00923 e. The molecule has 1 aliphatic rings. The fourth-order valence-electron chi connectivity index (χ4n) is 3.11. The molecule has 0 amide bonds. The summed E-state index contributed by atoms with van der Waals surface area (Å²) in [5.41, 5.74) is 0. The van der Waals surface area contributed by atoms with Crippen LogP contribution in [0, 0.1) is 11.8 Å². The number of rotatable bonds is 6. The third-order valence-corrected chi connectivity index (χ3v) is 4.49. The van der Waals surface area contributed by atoms with Gasteiger partial charge in [-0.1, -0.05) is 26.7 Å². The van der Waals surface area contributed by atoms with Crippen molar-refractivity contribution in [2.45, 2.75) is 58.4 Å². The Hall–Kier alpha value is -0.0800. The Morgan fingerprint density at radius 3 is 2.59 bits per heavy atom. The molecule has 0 aromatic rings. The lowest BCUT2D eigenvalue weighted by Gasteiger charge is -2.27. The molecule has 0 saturated heterocycles. The van der Waals surface area contributed by atoms with Gasteiger partial charge in [0.25, 0.3) is 0 Å². The van der Waals surface area contributed by atoms with Gasteiger partial charge in [0.15, 0.2) is 0 Å². The first kappa shape index (κ1) is 15.0. The van der Waals surface area contributed by atoms with E-state index in [0.29, 0.717) is 0 Å². The van der Waals surface area contributed by atoms with Gasteiger partial charge in [-0.25, -0.2) is 0 Å². The van der Waals surface area contributed by atoms with E-state index in [4.69, 9.17) is 0 Å². The molecule has 1 aliphatic carbocycles. The van der Waals surface area contributed by atoms with Crippen molar-refractivity contribution < 1.29 is 0 Å². The maximum atomic E-state index is 3.23. The zero-order chi connectivity index (χ0) is 12.7. The Kier molecular flexibility index (Phi) is 7.14. The maximum absolute atomic E-state index is 3.23. The lowest BCUT2D eigenvalue weighted by atomic mass is 9.89. The first-order valence-electron chi connectivity index (χ1n) is 7.50. The average molecular weight is 240 g/mol. The second-order valence-corrected chi connectivity index (χ2v) is 6.10. The summed E-state index contributed by atoms with van der Waals surface area (Å²) in [5.74, 6) is 1.86. The standard InChI is InChI=1S/C15H32N2/c1-13(2)14-7-5-8-15(10-9-14)17(4)12-6-11-16-3/h13-16H,5-12H2,1-4H3. The molecule has 0 aromatic heterocycles. The Morgan fingerprint density at radius 1 is 1.18 bits per heavy atom. The minimum absolute atomic E-state index is 0.843. The molecule has 17 heavy (non-hydrogen) atoms. The van der Waals surface area contributed by atoms with Crippen LogP contribution in [0.2, 0.25) is 0 Å². The summed E-state index contributed by atoms with van der Waals surface area (Å²) >= 11 is 0. The van der Waals surface area contributed by atoms with Crippen LogP contribution in [0.15, 0.2) is 0 Å². The van der Waals surface area contributed by atoms with Gasteiger partial charge in [0.1, 0.15) is 0 Å². The highest BCUT2D eigenvalue weighted by atomic mass is 15.1. The van der Waals surface area contributed by atoms with Crippen molar-refractivity contribution in [1.29, 1.82) is 0 Å². The highest BCUT2D eigenvalue weighted by molar-refractivity contribution is 4.77. The van der Waals surface area contributed by atoms with Gasteiger partial charge in [0.2, 0.25) is 0 Å². The zero-order valence-corrected chi connectivity index (χ0v) is 12.3. The average Bonchev–Trinajstić information content (AvgIpc) is 2.54. The summed E-state index contributed by atoms with van der Waals surface area (Å²) < 4.78 is 0. The zero-order valence-electron chi connectivity index (χ0n) is 12.3. The molecule has 1 N–H and O–H groups in total. The molecule has 2 unspecified atom stereocenters. The van der Waals surface area contributed by atoms with E-state index in [2.05, 4.69) is 31.1 Å². The third kappa shape index (κ3) is 5.39. The van der Waals surface area contributed by atoms with E-state index in [1.54, 1.807) is 0 Å². The normalized spacial score (nSPS) is 26.5. The smallest absolute Gasteiger partial charge is 0.00923 e. The molecule has 2 heteroatoms. The lowest BCUT2D eigenvalue weighted by Crippen LogP contribution is -2.33. The van der Waals surface area contributed by atoms with Crippen LogP contribution in [0.3, 0.4) is 0 Å². The summed E-state index contributed by atoms with van der Waals surface area (Å²) in [6.07, 6.45) is 8.44. The molecule has 1 rings (SSSR count). The summed E-state index contributed by atoms with van der Waals surface area (Å²) in [6.45, 7) is 7.17. The van der Waals surface area contributed by atoms with Crippen molar-refractivity contribution in [3.8, 4) is 0 Å². The van der Waals surface area contributed by atoms with E-state index < -0.39 is 0 Å². The Bertz CT molecular complexity index is 191. The Morgan fingerprint density at radius 2 is 1.94 bits per heavy atom. The molecule has 2 nitrogen and oxygen atoms in total. The monoisotopic (exact) mass is 240 g/mol. The first-order valence-corrected chi connectivity index (χ1v) is 7.50. The molecule has 0 bridgehead atoms. The molecule has 102 valence electrons. The number of nitrogens with zero attached hydrogens (tertiary/aromatic N) is 1. The Labute approximate surface area is 108 Å². The van der Waals surface area contributed by atoms with Gasteiger partial charge in [-0.15, -0.1) is 0 Å². The van der Waals surface area contributed by atoms with E-state index in [1.807, 2.05) is 7.05 Å². The second-order valence-electron chi connectivity index (χ2n) is 6.10. The summed E-state index contributed by atoms with van der Waals surface area (Å²) in [4.78, 5) is 2.60. The second kappa shape index (κ2) is 8.10. The summed E-state index contributed by atoms with van der Waals surface area (Å²) in [5, 5.41) is 3.23. The number of nitrogens with one attached hydrogen (secondary N) is 1. The van der Waals surface area contributed by atoms with E-state index in [-0.39, 0.29) is 0 Å². The van der Waals surface area contributed by atoms with Crippen molar-refractivity contribution in [1.82, 2.24) is 10.2 Å². The molecular weight excluding hydrogens is 208 g/mol. The fraction of sp³-hybridized carbons (Fsp3) is 1.00. The predicted octanol–water partition coefficient (Wildman–Crippen LogP) is 3.13. The molecule has 0 radical (unpaired) electrons. The van der Waals surface area contributed by atoms with Gasteiger partial charge in [0.05, 0.1) is 0 Å². The van der Waals surface area contributed by atoms with Crippen molar-refractivity contribution in [3.05, 3.63) is 0 Å². The van der Waals surface area contributed by atoms with Crippen LogP contribution in [0.1, 0.15) is 52.4 Å². The van der Waals surface area contributed by atoms with E-state index in [9.17, 15) is 0 Å². The third-order valence-electron chi connectivity index (χ3n) is 4.49. The van der Waals surface area contributed by atoms with Crippen LogP contribution in [-0.2, 0) is 0 Å². The molecule has 1 saturated carbocycles. The van der Waals surface area contributed by atoms with Gasteiger partial charge in [-0.05, 0) is 64.7 Å². The van der Waals surface area contributed by atoms with E-state index in [0.717, 1.165) is 24.4 Å². The highest BCUT2D eigenvalue weighted by Crippen LogP contribution is 2.30. The first-order chi connectivity index (χ1) is 8.15. The van der Waals surface area contributed by atoms with Crippen molar-refractivity contribution in [3.63, 3.8) is 0 Å². The van der Waals surface area contributed by atoms with Crippen LogP contribution in [0.5, 0.6) is 0 Å². The van der Waals surface area contributed by atoms with Gasteiger partial charge in [-0.3, -0.25) is 0 Å². The minimum atomic E-state index is 0.843. The van der Waals surface area contributed by atoms with Crippen LogP contribution < -0.4 is 5.32 Å². The van der Waals surface area contributed by atoms with Crippen LogP contribution in [0.4, 0.5) is 0 Å². The van der Waals surface area contributed by atoms with Crippen molar-refractivity contribution >= 4 is 0 Å². The van der Waals surface area contributed by atoms with Crippen LogP contribution >= 0.6 is 0 Å². The predicted molar refractivity (Wildman–Crippen MR) is 76.4 cm³/mol. The van der Waals surface area contributed by atoms with Crippen LogP contribution in [-0.4, -0.2) is 38.1 Å². The highest BCUT2D eigenvalue weighted by Gasteiger charge is 2.22.